The number of amides is 1. The highest BCUT2D eigenvalue weighted by molar-refractivity contribution is 7.17. The molecule has 0 bridgehead atoms. The molecule has 7 nitrogen and oxygen atoms in total. The minimum Gasteiger partial charge on any atom is -0.381 e. The molecule has 0 aliphatic rings. The van der Waals surface area contributed by atoms with Crippen molar-refractivity contribution >= 4 is 38.9 Å². The molecule has 1 atom stereocenters. The van der Waals surface area contributed by atoms with E-state index in [1.807, 2.05) is 49.6 Å². The summed E-state index contributed by atoms with van der Waals surface area (Å²) in [6, 6.07) is 13.5. The number of aromatic nitrogens is 4. The van der Waals surface area contributed by atoms with E-state index in [1.165, 1.54) is 4.52 Å². The summed E-state index contributed by atoms with van der Waals surface area (Å²) in [6.45, 7) is 3.73. The second kappa shape index (κ2) is 8.37. The number of pyridine rings is 1. The van der Waals surface area contributed by atoms with E-state index in [-0.39, 0.29) is 17.3 Å². The second-order valence-corrected chi connectivity index (χ2v) is 8.37. The normalized spacial score (nSPS) is 11.8. The van der Waals surface area contributed by atoms with Crippen LogP contribution in [0.25, 0.3) is 27.0 Å². The molecule has 0 aliphatic heterocycles. The van der Waals surface area contributed by atoms with Crippen LogP contribution in [-0.2, 0) is 0 Å². The van der Waals surface area contributed by atoms with Gasteiger partial charge in [-0.3, -0.25) is 4.79 Å². The Morgan fingerprint density at radius 1 is 1.24 bits per heavy atom. The minimum atomic E-state index is -0.391. The number of nitrogen functional groups attached to an aromatic ring is 1. The fraction of sp³-hybridized carbons (Fsp3) is 0.120. The van der Waals surface area contributed by atoms with Gasteiger partial charge >= 0.3 is 0 Å². The Balaban J connectivity index is 1.58. The van der Waals surface area contributed by atoms with Gasteiger partial charge in [0.25, 0.3) is 5.91 Å². The zero-order valence-electron chi connectivity index (χ0n) is 18.0. The lowest BCUT2D eigenvalue weighted by molar-refractivity contribution is 0.0941. The number of hydrogen-bond donors (Lipinski definition) is 2. The van der Waals surface area contributed by atoms with Crippen LogP contribution in [0.5, 0.6) is 0 Å². The molecule has 0 saturated carbocycles. The highest BCUT2D eigenvalue weighted by Gasteiger charge is 2.23. The van der Waals surface area contributed by atoms with Crippen molar-refractivity contribution < 1.29 is 4.79 Å². The molecule has 0 radical (unpaired) electrons. The quantitative estimate of drug-likeness (QED) is 0.393. The minimum absolute atomic E-state index is 0.131. The molecule has 5 aromatic rings. The molecule has 3 N–H and O–H groups in total. The Labute approximate surface area is 194 Å². The molecule has 0 spiro atoms. The Bertz CT molecular complexity index is 1560. The van der Waals surface area contributed by atoms with Crippen molar-refractivity contribution in [3.63, 3.8) is 0 Å². The molecule has 1 aromatic carbocycles. The molecular formula is C25H20N6OS. The molecule has 162 valence electrons. The van der Waals surface area contributed by atoms with Gasteiger partial charge in [0.2, 0.25) is 0 Å². The van der Waals surface area contributed by atoms with E-state index in [0.717, 1.165) is 32.6 Å². The number of carbonyl (C=O) groups is 1. The summed E-state index contributed by atoms with van der Waals surface area (Å²) in [4.78, 5) is 23.3. The highest BCUT2D eigenvalue weighted by Crippen LogP contribution is 2.34. The van der Waals surface area contributed by atoms with Crippen LogP contribution in [-0.4, -0.2) is 25.5 Å². The summed E-state index contributed by atoms with van der Waals surface area (Å²) < 4.78 is 1.50. The van der Waals surface area contributed by atoms with E-state index >= 15 is 0 Å². The summed E-state index contributed by atoms with van der Waals surface area (Å²) in [5.41, 5.74) is 10.4. The van der Waals surface area contributed by atoms with Gasteiger partial charge in [-0.1, -0.05) is 36.3 Å². The van der Waals surface area contributed by atoms with Gasteiger partial charge in [0.15, 0.2) is 11.5 Å². The Hall–Kier alpha value is -4.22. The molecule has 33 heavy (non-hydrogen) atoms. The van der Waals surface area contributed by atoms with E-state index in [4.69, 9.17) is 10.7 Å². The number of carbonyl (C=O) groups excluding carboxylic acids is 1. The average Bonchev–Trinajstić information content (AvgIpc) is 3.38. The SMILES string of the molecule is CC#Cc1csc2nc([C@@H](C)NC(=O)c3c(N)nn4cccnc34)c(-c3ccccc3)cc12. The molecule has 5 rings (SSSR count). The second-order valence-electron chi connectivity index (χ2n) is 7.51. The topological polar surface area (TPSA) is 98.2 Å². The molecule has 4 aromatic heterocycles. The van der Waals surface area contributed by atoms with Gasteiger partial charge in [0.1, 0.15) is 10.4 Å². The molecule has 8 heteroatoms. The first-order chi connectivity index (χ1) is 16.1. The summed E-state index contributed by atoms with van der Waals surface area (Å²) in [5, 5.41) is 10.2. The van der Waals surface area contributed by atoms with Crippen LogP contribution in [0, 0.1) is 11.8 Å². The predicted octanol–water partition coefficient (Wildman–Crippen LogP) is 4.45. The van der Waals surface area contributed by atoms with Crippen LogP contribution >= 0.6 is 11.3 Å². The Morgan fingerprint density at radius 2 is 2.06 bits per heavy atom. The fourth-order valence-corrected chi connectivity index (χ4v) is 4.70. The number of nitrogens with one attached hydrogen (secondary N) is 1. The maximum absolute atomic E-state index is 13.2. The average molecular weight is 453 g/mol. The smallest absolute Gasteiger partial charge is 0.259 e. The van der Waals surface area contributed by atoms with E-state index in [9.17, 15) is 4.79 Å². The third kappa shape index (κ3) is 3.69. The van der Waals surface area contributed by atoms with Gasteiger partial charge in [-0.05, 0) is 31.5 Å². The summed E-state index contributed by atoms with van der Waals surface area (Å²) in [7, 11) is 0. The highest BCUT2D eigenvalue weighted by atomic mass is 32.1. The molecule has 0 aliphatic carbocycles. The first-order valence-corrected chi connectivity index (χ1v) is 11.2. The van der Waals surface area contributed by atoms with Crippen molar-refractivity contribution in [2.24, 2.45) is 0 Å². The van der Waals surface area contributed by atoms with Gasteiger partial charge in [0, 0.05) is 34.3 Å². The molecule has 0 saturated heterocycles. The van der Waals surface area contributed by atoms with Crippen molar-refractivity contribution in [1.29, 1.82) is 0 Å². The van der Waals surface area contributed by atoms with Crippen LogP contribution in [0.15, 0.2) is 60.2 Å². The standard InChI is InChI=1S/C25H20N6OS/c1-3-8-17-14-33-25-19(17)13-18(16-9-5-4-6-10-16)21(29-25)15(2)28-24(32)20-22(26)30-31-12-7-11-27-23(20)31/h4-7,9-15H,1-2H3,(H2,26,30)(H,28,32)/t15-/m1/s1. The van der Waals surface area contributed by atoms with E-state index in [1.54, 1.807) is 29.8 Å². The number of fused-ring (bicyclic) bond motifs is 2. The van der Waals surface area contributed by atoms with Crippen LogP contribution in [0.4, 0.5) is 5.82 Å². The third-order valence-electron chi connectivity index (χ3n) is 5.35. The van der Waals surface area contributed by atoms with E-state index in [2.05, 4.69) is 33.3 Å². The third-order valence-corrected chi connectivity index (χ3v) is 6.24. The summed E-state index contributed by atoms with van der Waals surface area (Å²) in [5.74, 6) is 5.90. The van der Waals surface area contributed by atoms with Crippen LogP contribution in [0.3, 0.4) is 0 Å². The van der Waals surface area contributed by atoms with Crippen molar-refractivity contribution in [2.45, 2.75) is 19.9 Å². The van der Waals surface area contributed by atoms with Gasteiger partial charge in [-0.15, -0.1) is 22.4 Å². The van der Waals surface area contributed by atoms with Gasteiger partial charge < -0.3 is 11.1 Å². The predicted molar refractivity (Wildman–Crippen MR) is 131 cm³/mol. The van der Waals surface area contributed by atoms with Crippen molar-refractivity contribution in [1.82, 2.24) is 24.9 Å². The molecule has 4 heterocycles. The number of nitrogens with zero attached hydrogens (tertiary/aromatic N) is 4. The summed E-state index contributed by atoms with van der Waals surface area (Å²) >= 11 is 1.54. The first-order valence-electron chi connectivity index (χ1n) is 10.4. The lowest BCUT2D eigenvalue weighted by Crippen LogP contribution is -2.28. The molecule has 1 amide bonds. The fourth-order valence-electron chi connectivity index (χ4n) is 3.84. The largest absolute Gasteiger partial charge is 0.381 e. The molecule has 0 fully saturated rings. The van der Waals surface area contributed by atoms with Gasteiger partial charge in [0.05, 0.1) is 11.7 Å². The monoisotopic (exact) mass is 452 g/mol. The molecule has 0 unspecified atom stereocenters. The lowest BCUT2D eigenvalue weighted by atomic mass is 9.98. The number of benzene rings is 1. The van der Waals surface area contributed by atoms with Crippen LogP contribution in [0.1, 0.15) is 41.5 Å². The maximum Gasteiger partial charge on any atom is 0.259 e. The van der Waals surface area contributed by atoms with Crippen LogP contribution < -0.4 is 11.1 Å². The number of anilines is 1. The van der Waals surface area contributed by atoms with Crippen molar-refractivity contribution in [3.8, 4) is 23.0 Å². The number of nitrogens with two attached hydrogens (primary N) is 1. The Morgan fingerprint density at radius 3 is 2.85 bits per heavy atom. The zero-order chi connectivity index (χ0) is 22.9. The van der Waals surface area contributed by atoms with Crippen molar-refractivity contribution in [3.05, 3.63) is 77.1 Å². The Kier molecular flexibility index (Phi) is 5.24. The maximum atomic E-state index is 13.2. The number of thiophene rings is 1. The van der Waals surface area contributed by atoms with E-state index < -0.39 is 6.04 Å². The van der Waals surface area contributed by atoms with Gasteiger partial charge in [-0.25, -0.2) is 14.5 Å². The molecular weight excluding hydrogens is 432 g/mol. The first kappa shape index (κ1) is 20.7. The number of rotatable bonds is 4. The van der Waals surface area contributed by atoms with Crippen LogP contribution in [0.2, 0.25) is 0 Å². The summed E-state index contributed by atoms with van der Waals surface area (Å²) in [6.07, 6.45) is 3.31. The van der Waals surface area contributed by atoms with Crippen molar-refractivity contribution in [2.75, 3.05) is 5.73 Å². The zero-order valence-corrected chi connectivity index (χ0v) is 18.9. The lowest BCUT2D eigenvalue weighted by Gasteiger charge is -2.18. The van der Waals surface area contributed by atoms with Gasteiger partial charge in [-0.2, -0.15) is 0 Å². The van der Waals surface area contributed by atoms with E-state index in [0.29, 0.717) is 5.65 Å². The number of hydrogen-bond acceptors (Lipinski definition) is 6.